The van der Waals surface area contributed by atoms with Crippen LogP contribution in [0.1, 0.15) is 16.2 Å². The summed E-state index contributed by atoms with van der Waals surface area (Å²) in [5.74, 6) is 0.198. The normalized spacial score (nSPS) is 15.1. The van der Waals surface area contributed by atoms with Crippen LogP contribution in [0.15, 0.2) is 57.8 Å². The van der Waals surface area contributed by atoms with E-state index in [9.17, 15) is 9.59 Å². The third-order valence-corrected chi connectivity index (χ3v) is 4.33. The zero-order valence-electron chi connectivity index (χ0n) is 14.0. The number of piperazine rings is 1. The Balaban J connectivity index is 1.35. The van der Waals surface area contributed by atoms with E-state index in [0.29, 0.717) is 43.2 Å². The molecule has 7 nitrogen and oxygen atoms in total. The number of carbonyl (C=O) groups is 2. The summed E-state index contributed by atoms with van der Waals surface area (Å²) >= 11 is 0. The van der Waals surface area contributed by atoms with Crippen molar-refractivity contribution in [1.29, 1.82) is 0 Å². The van der Waals surface area contributed by atoms with Gasteiger partial charge in [0.2, 0.25) is 11.8 Å². The smallest absolute Gasteiger partial charge is 0.257 e. The summed E-state index contributed by atoms with van der Waals surface area (Å²) in [7, 11) is 0. The maximum Gasteiger partial charge on any atom is 0.257 e. The van der Waals surface area contributed by atoms with E-state index in [1.165, 1.54) is 18.6 Å². The number of furan rings is 1. The fraction of sp³-hybridized carbons (Fsp3) is 0.211. The number of para-hydroxylation sites is 2. The molecule has 1 aliphatic rings. The van der Waals surface area contributed by atoms with E-state index in [2.05, 4.69) is 4.98 Å². The molecule has 0 radical (unpaired) electrons. The van der Waals surface area contributed by atoms with Crippen LogP contribution < -0.4 is 0 Å². The SMILES string of the molecule is O=C(/C=C/c1nc2ccccc2o1)N1CCN(C(=O)c2ccoc2)CC1. The van der Waals surface area contributed by atoms with E-state index in [1.807, 2.05) is 24.3 Å². The number of carbonyl (C=O) groups excluding carboxylic acids is 2. The zero-order chi connectivity index (χ0) is 17.9. The lowest BCUT2D eigenvalue weighted by Crippen LogP contribution is -2.50. The minimum Gasteiger partial charge on any atom is -0.472 e. The predicted molar refractivity (Wildman–Crippen MR) is 94.2 cm³/mol. The molecule has 0 unspecified atom stereocenters. The van der Waals surface area contributed by atoms with Gasteiger partial charge in [0.05, 0.1) is 11.8 Å². The first-order valence-electron chi connectivity index (χ1n) is 8.35. The van der Waals surface area contributed by atoms with Gasteiger partial charge >= 0.3 is 0 Å². The highest BCUT2D eigenvalue weighted by atomic mass is 16.3. The Morgan fingerprint density at radius 2 is 1.81 bits per heavy atom. The molecule has 1 fully saturated rings. The van der Waals surface area contributed by atoms with Crippen LogP contribution in [-0.2, 0) is 4.79 Å². The van der Waals surface area contributed by atoms with Crippen molar-refractivity contribution in [2.24, 2.45) is 0 Å². The van der Waals surface area contributed by atoms with Gasteiger partial charge in [0.15, 0.2) is 5.58 Å². The van der Waals surface area contributed by atoms with Crippen molar-refractivity contribution in [3.63, 3.8) is 0 Å². The Hall–Kier alpha value is -3.35. The van der Waals surface area contributed by atoms with Crippen LogP contribution in [0.2, 0.25) is 0 Å². The molecule has 1 saturated heterocycles. The average molecular weight is 351 g/mol. The van der Waals surface area contributed by atoms with E-state index in [1.54, 1.807) is 21.9 Å². The zero-order valence-corrected chi connectivity index (χ0v) is 14.0. The molecule has 2 amide bonds. The fourth-order valence-electron chi connectivity index (χ4n) is 2.91. The molecule has 1 aliphatic heterocycles. The third-order valence-electron chi connectivity index (χ3n) is 4.33. The fourth-order valence-corrected chi connectivity index (χ4v) is 2.91. The first-order valence-corrected chi connectivity index (χ1v) is 8.35. The van der Waals surface area contributed by atoms with E-state index in [0.717, 1.165) is 5.52 Å². The minimum atomic E-state index is -0.123. The quantitative estimate of drug-likeness (QED) is 0.677. The van der Waals surface area contributed by atoms with Crippen LogP contribution in [0.3, 0.4) is 0 Å². The Morgan fingerprint density at radius 3 is 2.54 bits per heavy atom. The number of rotatable bonds is 3. The second-order valence-corrected chi connectivity index (χ2v) is 5.98. The average Bonchev–Trinajstić information content (AvgIpc) is 3.35. The maximum atomic E-state index is 12.3. The molecule has 4 rings (SSSR count). The topological polar surface area (TPSA) is 79.8 Å². The minimum absolute atomic E-state index is 0.0760. The number of hydrogen-bond acceptors (Lipinski definition) is 5. The van der Waals surface area contributed by atoms with Gasteiger partial charge in [-0.1, -0.05) is 12.1 Å². The molecule has 3 aromatic rings. The highest BCUT2D eigenvalue weighted by Gasteiger charge is 2.24. The van der Waals surface area contributed by atoms with Crippen molar-refractivity contribution in [1.82, 2.24) is 14.8 Å². The molecule has 132 valence electrons. The highest BCUT2D eigenvalue weighted by molar-refractivity contribution is 5.94. The van der Waals surface area contributed by atoms with Crippen molar-refractivity contribution in [2.45, 2.75) is 0 Å². The Labute approximate surface area is 149 Å². The lowest BCUT2D eigenvalue weighted by Gasteiger charge is -2.34. The first-order chi connectivity index (χ1) is 12.7. The highest BCUT2D eigenvalue weighted by Crippen LogP contribution is 2.16. The largest absolute Gasteiger partial charge is 0.472 e. The molecule has 3 heterocycles. The van der Waals surface area contributed by atoms with E-state index < -0.39 is 0 Å². The molecule has 0 spiro atoms. The summed E-state index contributed by atoms with van der Waals surface area (Å²) in [6, 6.07) is 9.08. The Kier molecular flexibility index (Phi) is 4.27. The summed E-state index contributed by atoms with van der Waals surface area (Å²) in [5, 5.41) is 0. The van der Waals surface area contributed by atoms with Crippen LogP contribution in [0.5, 0.6) is 0 Å². The van der Waals surface area contributed by atoms with Gasteiger partial charge in [-0.3, -0.25) is 9.59 Å². The summed E-state index contributed by atoms with van der Waals surface area (Å²) in [6.07, 6.45) is 5.94. The summed E-state index contributed by atoms with van der Waals surface area (Å²) in [6.45, 7) is 1.96. The van der Waals surface area contributed by atoms with Gasteiger partial charge in [-0.25, -0.2) is 4.98 Å². The maximum absolute atomic E-state index is 12.3. The summed E-state index contributed by atoms with van der Waals surface area (Å²) in [5.41, 5.74) is 1.97. The van der Waals surface area contributed by atoms with Crippen molar-refractivity contribution in [2.75, 3.05) is 26.2 Å². The van der Waals surface area contributed by atoms with E-state index in [4.69, 9.17) is 8.83 Å². The number of benzene rings is 1. The van der Waals surface area contributed by atoms with Gasteiger partial charge in [0.25, 0.3) is 5.91 Å². The second-order valence-electron chi connectivity index (χ2n) is 5.98. The molecular formula is C19H17N3O4. The monoisotopic (exact) mass is 351 g/mol. The molecule has 0 bridgehead atoms. The molecule has 0 N–H and O–H groups in total. The van der Waals surface area contributed by atoms with Crippen LogP contribution in [-0.4, -0.2) is 52.8 Å². The number of fused-ring (bicyclic) bond motifs is 1. The lowest BCUT2D eigenvalue weighted by atomic mass is 10.2. The molecule has 2 aromatic heterocycles. The number of oxazole rings is 1. The van der Waals surface area contributed by atoms with Gasteiger partial charge in [0, 0.05) is 38.3 Å². The van der Waals surface area contributed by atoms with Gasteiger partial charge < -0.3 is 18.6 Å². The van der Waals surface area contributed by atoms with Crippen LogP contribution in [0, 0.1) is 0 Å². The molecule has 1 aromatic carbocycles. The summed E-state index contributed by atoms with van der Waals surface area (Å²) < 4.78 is 10.5. The number of hydrogen-bond donors (Lipinski definition) is 0. The van der Waals surface area contributed by atoms with Gasteiger partial charge in [-0.05, 0) is 18.2 Å². The van der Waals surface area contributed by atoms with Crippen LogP contribution in [0.4, 0.5) is 0 Å². The standard InChI is InChI=1S/C19H17N3O4/c23-18(6-5-17-20-15-3-1-2-4-16(15)26-17)21-8-10-22(11-9-21)19(24)14-7-12-25-13-14/h1-7,12-13H,8-11H2/b6-5+. The molecule has 0 atom stereocenters. The second kappa shape index (κ2) is 6.87. The van der Waals surface area contributed by atoms with Crippen molar-refractivity contribution in [3.8, 4) is 0 Å². The lowest BCUT2D eigenvalue weighted by molar-refractivity contribution is -0.127. The molecular weight excluding hydrogens is 334 g/mol. The van der Waals surface area contributed by atoms with Crippen molar-refractivity contribution in [3.05, 3.63) is 60.4 Å². The number of nitrogens with zero attached hydrogens (tertiary/aromatic N) is 3. The van der Waals surface area contributed by atoms with Crippen LogP contribution in [0.25, 0.3) is 17.2 Å². The Morgan fingerprint density at radius 1 is 1.04 bits per heavy atom. The van der Waals surface area contributed by atoms with Gasteiger partial charge in [0.1, 0.15) is 11.8 Å². The van der Waals surface area contributed by atoms with E-state index in [-0.39, 0.29) is 11.8 Å². The Bertz CT molecular complexity index is 917. The molecule has 0 saturated carbocycles. The van der Waals surface area contributed by atoms with Gasteiger partial charge in [-0.2, -0.15) is 0 Å². The van der Waals surface area contributed by atoms with Gasteiger partial charge in [-0.15, -0.1) is 0 Å². The predicted octanol–water partition coefficient (Wildman–Crippen LogP) is 2.42. The van der Waals surface area contributed by atoms with Crippen molar-refractivity contribution < 1.29 is 18.4 Å². The van der Waals surface area contributed by atoms with E-state index >= 15 is 0 Å². The van der Waals surface area contributed by atoms with Crippen molar-refractivity contribution >= 4 is 29.0 Å². The number of aromatic nitrogens is 1. The first kappa shape index (κ1) is 16.1. The number of amides is 2. The van der Waals surface area contributed by atoms with Crippen LogP contribution >= 0.6 is 0 Å². The summed E-state index contributed by atoms with van der Waals surface area (Å²) in [4.78, 5) is 32.3. The molecule has 26 heavy (non-hydrogen) atoms. The molecule has 7 heteroatoms. The molecule has 0 aliphatic carbocycles. The third kappa shape index (κ3) is 3.23.